The van der Waals surface area contributed by atoms with Crippen LogP contribution in [0.15, 0.2) is 60.8 Å². The number of hydrogen-bond donors (Lipinski definition) is 1. The predicted octanol–water partition coefficient (Wildman–Crippen LogP) is 4.02. The third kappa shape index (κ3) is 4.50. The van der Waals surface area contributed by atoms with Crippen molar-refractivity contribution < 1.29 is 9.47 Å². The Kier molecular flexibility index (Phi) is 5.85. The molecule has 0 spiro atoms. The summed E-state index contributed by atoms with van der Waals surface area (Å²) in [4.78, 5) is 11.5. The Hall–Kier alpha value is -3.65. The molecule has 1 saturated heterocycles. The van der Waals surface area contributed by atoms with Gasteiger partial charge < -0.3 is 14.8 Å². The van der Waals surface area contributed by atoms with E-state index in [0.717, 1.165) is 34.9 Å². The number of aromatic nitrogens is 4. The highest BCUT2D eigenvalue weighted by Gasteiger charge is 2.12. The molecule has 3 heterocycles. The van der Waals surface area contributed by atoms with Crippen molar-refractivity contribution >= 4 is 17.3 Å². The first kappa shape index (κ1) is 20.3. The molecule has 0 atom stereocenters. The van der Waals surface area contributed by atoms with Crippen molar-refractivity contribution in [2.75, 3.05) is 38.7 Å². The van der Waals surface area contributed by atoms with Crippen LogP contribution >= 0.6 is 0 Å². The van der Waals surface area contributed by atoms with Crippen molar-refractivity contribution in [3.05, 3.63) is 60.8 Å². The molecule has 1 N–H and O–H groups in total. The van der Waals surface area contributed by atoms with Gasteiger partial charge in [0.2, 0.25) is 5.95 Å². The van der Waals surface area contributed by atoms with Gasteiger partial charge in [-0.1, -0.05) is 0 Å². The van der Waals surface area contributed by atoms with Gasteiger partial charge in [0.1, 0.15) is 18.1 Å². The zero-order valence-electron chi connectivity index (χ0n) is 18.1. The van der Waals surface area contributed by atoms with E-state index in [0.29, 0.717) is 18.4 Å². The molecule has 2 aromatic heterocycles. The number of anilines is 2. The van der Waals surface area contributed by atoms with Crippen molar-refractivity contribution in [1.29, 1.82) is 0 Å². The number of benzene rings is 2. The van der Waals surface area contributed by atoms with Crippen LogP contribution in [0.4, 0.5) is 11.6 Å². The van der Waals surface area contributed by atoms with E-state index in [2.05, 4.69) is 25.3 Å². The molecule has 1 fully saturated rings. The van der Waals surface area contributed by atoms with Crippen molar-refractivity contribution in [2.24, 2.45) is 0 Å². The van der Waals surface area contributed by atoms with E-state index >= 15 is 0 Å². The van der Waals surface area contributed by atoms with Crippen molar-refractivity contribution in [3.8, 4) is 22.9 Å². The van der Waals surface area contributed by atoms with Crippen molar-refractivity contribution in [3.63, 3.8) is 0 Å². The zero-order chi connectivity index (χ0) is 21.8. The van der Waals surface area contributed by atoms with Crippen LogP contribution in [0.5, 0.6) is 11.5 Å². The molecule has 1 aliphatic rings. The van der Waals surface area contributed by atoms with Gasteiger partial charge in [-0.3, -0.25) is 4.90 Å². The molecule has 164 valence electrons. The first-order valence-electron chi connectivity index (χ1n) is 10.9. The summed E-state index contributed by atoms with van der Waals surface area (Å²) in [5.74, 6) is 2.89. The maximum Gasteiger partial charge on any atom is 0.247 e. The molecule has 0 aliphatic carbocycles. The fourth-order valence-electron chi connectivity index (χ4n) is 3.87. The van der Waals surface area contributed by atoms with Gasteiger partial charge in [0.15, 0.2) is 11.5 Å². The van der Waals surface area contributed by atoms with Crippen LogP contribution in [0.2, 0.25) is 0 Å². The summed E-state index contributed by atoms with van der Waals surface area (Å²) in [6.07, 6.45) is 4.34. The summed E-state index contributed by atoms with van der Waals surface area (Å²) in [7, 11) is 1.65. The topological polar surface area (TPSA) is 76.8 Å². The number of hydrogen-bond acceptors (Lipinski definition) is 7. The number of fused-ring (bicyclic) bond motifs is 1. The SMILES string of the molecule is COc1ccc(-c2nccc3nc(Nc4ccc(OCCN5CCCC5)cc4)nn23)cc1. The highest BCUT2D eigenvalue weighted by atomic mass is 16.5. The summed E-state index contributed by atoms with van der Waals surface area (Å²) in [6, 6.07) is 17.4. The van der Waals surface area contributed by atoms with Crippen molar-refractivity contribution in [2.45, 2.75) is 12.8 Å². The van der Waals surface area contributed by atoms with E-state index < -0.39 is 0 Å². The molecule has 5 rings (SSSR count). The molecule has 0 saturated carbocycles. The summed E-state index contributed by atoms with van der Waals surface area (Å²) in [5, 5.41) is 7.87. The summed E-state index contributed by atoms with van der Waals surface area (Å²) in [6.45, 7) is 4.07. The highest BCUT2D eigenvalue weighted by molar-refractivity contribution is 5.62. The fourth-order valence-corrected chi connectivity index (χ4v) is 3.87. The van der Waals surface area contributed by atoms with Crippen LogP contribution in [0.1, 0.15) is 12.8 Å². The maximum atomic E-state index is 5.88. The average Bonchev–Trinajstić information content (AvgIpc) is 3.49. The van der Waals surface area contributed by atoms with Gasteiger partial charge in [-0.05, 0) is 74.5 Å². The quantitative estimate of drug-likeness (QED) is 0.452. The van der Waals surface area contributed by atoms with Crippen LogP contribution < -0.4 is 14.8 Å². The normalized spacial score (nSPS) is 14.0. The molecule has 1 aliphatic heterocycles. The molecule has 0 radical (unpaired) electrons. The van der Waals surface area contributed by atoms with E-state index in [4.69, 9.17) is 9.47 Å². The molecule has 8 nitrogen and oxygen atoms in total. The second-order valence-electron chi connectivity index (χ2n) is 7.75. The first-order valence-corrected chi connectivity index (χ1v) is 10.9. The Labute approximate surface area is 186 Å². The van der Waals surface area contributed by atoms with Crippen LogP contribution in [0, 0.1) is 0 Å². The van der Waals surface area contributed by atoms with Crippen LogP contribution in [-0.4, -0.2) is 57.8 Å². The number of rotatable bonds is 8. The lowest BCUT2D eigenvalue weighted by Crippen LogP contribution is -2.25. The molecular weight excluding hydrogens is 404 g/mol. The first-order chi connectivity index (χ1) is 15.8. The van der Waals surface area contributed by atoms with Gasteiger partial charge in [-0.25, -0.2) is 4.98 Å². The van der Waals surface area contributed by atoms with Gasteiger partial charge in [-0.2, -0.15) is 9.50 Å². The average molecular weight is 431 g/mol. The smallest absolute Gasteiger partial charge is 0.247 e. The minimum Gasteiger partial charge on any atom is -0.497 e. The van der Waals surface area contributed by atoms with Gasteiger partial charge in [0.25, 0.3) is 0 Å². The summed E-state index contributed by atoms with van der Waals surface area (Å²) < 4.78 is 12.9. The Bertz CT molecular complexity index is 1170. The molecule has 8 heteroatoms. The van der Waals surface area contributed by atoms with Gasteiger partial charge in [0.05, 0.1) is 7.11 Å². The third-order valence-corrected chi connectivity index (χ3v) is 5.59. The van der Waals surface area contributed by atoms with E-state index in [9.17, 15) is 0 Å². The summed E-state index contributed by atoms with van der Waals surface area (Å²) in [5.41, 5.74) is 2.55. The molecule has 32 heavy (non-hydrogen) atoms. The van der Waals surface area contributed by atoms with Gasteiger partial charge >= 0.3 is 0 Å². The standard InChI is InChI=1S/C24H26N6O2/c1-31-20-8-4-18(5-9-20)23-25-13-12-22-27-24(28-30(22)23)26-19-6-10-21(11-7-19)32-17-16-29-14-2-3-15-29/h4-13H,2-3,14-17H2,1H3,(H,26,28). The molecule has 0 unspecified atom stereocenters. The van der Waals surface area contributed by atoms with E-state index in [1.54, 1.807) is 17.8 Å². The number of methoxy groups -OCH3 is 1. The van der Waals surface area contributed by atoms with Crippen LogP contribution in [-0.2, 0) is 0 Å². The lowest BCUT2D eigenvalue weighted by Gasteiger charge is -2.15. The van der Waals surface area contributed by atoms with Crippen LogP contribution in [0.25, 0.3) is 17.0 Å². The highest BCUT2D eigenvalue weighted by Crippen LogP contribution is 2.23. The van der Waals surface area contributed by atoms with Gasteiger partial charge in [-0.15, -0.1) is 5.10 Å². The minimum atomic E-state index is 0.510. The Morgan fingerprint density at radius 1 is 0.938 bits per heavy atom. The molecule has 0 amide bonds. The third-order valence-electron chi connectivity index (χ3n) is 5.59. The Morgan fingerprint density at radius 3 is 2.44 bits per heavy atom. The van der Waals surface area contributed by atoms with Gasteiger partial charge in [0, 0.05) is 30.1 Å². The Balaban J connectivity index is 1.26. The minimum absolute atomic E-state index is 0.510. The number of ether oxygens (including phenoxy) is 2. The summed E-state index contributed by atoms with van der Waals surface area (Å²) >= 11 is 0. The zero-order valence-corrected chi connectivity index (χ0v) is 18.1. The second-order valence-corrected chi connectivity index (χ2v) is 7.75. The fraction of sp³-hybridized carbons (Fsp3) is 0.292. The lowest BCUT2D eigenvalue weighted by atomic mass is 10.2. The molecule has 0 bridgehead atoms. The maximum absolute atomic E-state index is 5.88. The van der Waals surface area contributed by atoms with E-state index in [1.165, 1.54) is 25.9 Å². The largest absolute Gasteiger partial charge is 0.497 e. The second kappa shape index (κ2) is 9.23. The molecular formula is C24H26N6O2. The number of nitrogens with one attached hydrogen (secondary N) is 1. The monoisotopic (exact) mass is 430 g/mol. The van der Waals surface area contributed by atoms with E-state index in [-0.39, 0.29) is 0 Å². The number of nitrogens with zero attached hydrogens (tertiary/aromatic N) is 5. The lowest BCUT2D eigenvalue weighted by molar-refractivity contribution is 0.238. The molecule has 4 aromatic rings. The van der Waals surface area contributed by atoms with E-state index in [1.807, 2.05) is 54.6 Å². The Morgan fingerprint density at radius 2 is 1.69 bits per heavy atom. The van der Waals surface area contributed by atoms with Crippen molar-refractivity contribution in [1.82, 2.24) is 24.5 Å². The predicted molar refractivity (Wildman–Crippen MR) is 124 cm³/mol. The van der Waals surface area contributed by atoms with Crippen LogP contribution in [0.3, 0.4) is 0 Å². The molecule has 2 aromatic carbocycles. The number of likely N-dealkylation sites (tertiary alicyclic amines) is 1.